The molecule has 1 fully saturated rings. The molecule has 0 spiro atoms. The Labute approximate surface area is 201 Å². The molecular formula is C23H25N7O5. The van der Waals surface area contributed by atoms with E-state index in [2.05, 4.69) is 25.7 Å². The number of nitrogens with one attached hydrogen (secondary N) is 2. The van der Waals surface area contributed by atoms with Crippen LogP contribution in [0.2, 0.25) is 0 Å². The third-order valence-electron chi connectivity index (χ3n) is 5.65. The Hall–Kier alpha value is -4.61. The lowest BCUT2D eigenvalue weighted by Gasteiger charge is -2.36. The number of carbonyl (C=O) groups excluding carboxylic acids is 1. The average Bonchev–Trinajstić information content (AvgIpc) is 2.91. The fraction of sp³-hybridized carbons (Fsp3) is 0.261. The standard InChI is InChI=1S/C23H25N7O5/c1-34-18-7-3-16(4-8-18)23(31)27-26-21-20(30(32)33)22(25-15-24-21)29-13-11-28(12-14-29)17-5-9-19(35-2)10-6-17/h3-10,15H,11-14H2,1-2H3,(H,27,31)(H,24,25,26). The highest BCUT2D eigenvalue weighted by molar-refractivity contribution is 5.95. The number of hydrogen-bond acceptors (Lipinski definition) is 10. The van der Waals surface area contributed by atoms with Gasteiger partial charge in [0.05, 0.1) is 19.1 Å². The number of hydrogen-bond donors (Lipinski definition) is 2. The van der Waals surface area contributed by atoms with Crippen molar-refractivity contribution in [3.63, 3.8) is 0 Å². The smallest absolute Gasteiger partial charge is 0.355 e. The number of aromatic nitrogens is 2. The molecule has 1 aliphatic heterocycles. The van der Waals surface area contributed by atoms with Gasteiger partial charge in [0.1, 0.15) is 17.8 Å². The lowest BCUT2D eigenvalue weighted by atomic mass is 10.2. The van der Waals surface area contributed by atoms with Crippen LogP contribution < -0.4 is 30.1 Å². The van der Waals surface area contributed by atoms with Crippen LogP contribution in [0.1, 0.15) is 10.4 Å². The Morgan fingerprint density at radius 3 is 2.06 bits per heavy atom. The van der Waals surface area contributed by atoms with Crippen molar-refractivity contribution in [2.75, 3.05) is 55.6 Å². The number of nitro groups is 1. The van der Waals surface area contributed by atoms with Crippen molar-refractivity contribution in [3.8, 4) is 11.5 Å². The molecule has 182 valence electrons. The van der Waals surface area contributed by atoms with Gasteiger partial charge in [0.2, 0.25) is 11.6 Å². The lowest BCUT2D eigenvalue weighted by molar-refractivity contribution is -0.383. The van der Waals surface area contributed by atoms with Crippen LogP contribution >= 0.6 is 0 Å². The summed E-state index contributed by atoms with van der Waals surface area (Å²) >= 11 is 0. The van der Waals surface area contributed by atoms with Gasteiger partial charge >= 0.3 is 5.69 Å². The molecule has 1 amide bonds. The van der Waals surface area contributed by atoms with E-state index in [1.165, 1.54) is 13.4 Å². The quantitative estimate of drug-likeness (QED) is 0.366. The van der Waals surface area contributed by atoms with Gasteiger partial charge in [-0.25, -0.2) is 9.97 Å². The molecule has 1 aliphatic rings. The molecule has 0 bridgehead atoms. The summed E-state index contributed by atoms with van der Waals surface area (Å²) in [7, 11) is 3.15. The van der Waals surface area contributed by atoms with E-state index in [9.17, 15) is 14.9 Å². The minimum Gasteiger partial charge on any atom is -0.497 e. The second-order valence-corrected chi connectivity index (χ2v) is 7.63. The molecule has 2 aromatic carbocycles. The number of anilines is 3. The third kappa shape index (κ3) is 5.32. The van der Waals surface area contributed by atoms with E-state index >= 15 is 0 Å². The van der Waals surface area contributed by atoms with E-state index in [0.717, 1.165) is 11.4 Å². The molecule has 3 aromatic rings. The Morgan fingerprint density at radius 2 is 1.49 bits per heavy atom. The Balaban J connectivity index is 1.45. The first-order chi connectivity index (χ1) is 17.0. The zero-order chi connectivity index (χ0) is 24.8. The maximum absolute atomic E-state index is 12.4. The van der Waals surface area contributed by atoms with Gasteiger partial charge in [-0.05, 0) is 48.5 Å². The second-order valence-electron chi connectivity index (χ2n) is 7.63. The van der Waals surface area contributed by atoms with Crippen molar-refractivity contribution < 1.29 is 19.2 Å². The van der Waals surface area contributed by atoms with Crippen molar-refractivity contribution in [1.29, 1.82) is 0 Å². The third-order valence-corrected chi connectivity index (χ3v) is 5.65. The topological polar surface area (TPSA) is 135 Å². The lowest BCUT2D eigenvalue weighted by Crippen LogP contribution is -2.47. The number of piperazine rings is 1. The van der Waals surface area contributed by atoms with Crippen molar-refractivity contribution in [2.24, 2.45) is 0 Å². The van der Waals surface area contributed by atoms with E-state index in [1.54, 1.807) is 31.4 Å². The van der Waals surface area contributed by atoms with Crippen LogP contribution in [-0.4, -0.2) is 61.2 Å². The molecule has 0 saturated carbocycles. The predicted octanol–water partition coefficient (Wildman–Crippen LogP) is 2.49. The molecule has 2 N–H and O–H groups in total. The minimum absolute atomic E-state index is 0.0977. The molecule has 12 heteroatoms. The van der Waals surface area contributed by atoms with Crippen LogP contribution in [-0.2, 0) is 0 Å². The molecule has 2 heterocycles. The van der Waals surface area contributed by atoms with E-state index in [-0.39, 0.29) is 17.3 Å². The van der Waals surface area contributed by atoms with Crippen LogP contribution in [0.25, 0.3) is 0 Å². The Morgan fingerprint density at radius 1 is 0.914 bits per heavy atom. The highest BCUT2D eigenvalue weighted by Gasteiger charge is 2.29. The molecule has 4 rings (SSSR count). The van der Waals surface area contributed by atoms with Gasteiger partial charge < -0.3 is 19.3 Å². The molecule has 1 saturated heterocycles. The predicted molar refractivity (Wildman–Crippen MR) is 130 cm³/mol. The average molecular weight is 479 g/mol. The number of nitrogens with zero attached hydrogens (tertiary/aromatic N) is 5. The molecule has 1 aromatic heterocycles. The van der Waals surface area contributed by atoms with E-state index in [1.807, 2.05) is 29.2 Å². The van der Waals surface area contributed by atoms with Gasteiger partial charge in [-0.3, -0.25) is 25.8 Å². The largest absolute Gasteiger partial charge is 0.497 e. The van der Waals surface area contributed by atoms with Crippen molar-refractivity contribution in [3.05, 3.63) is 70.5 Å². The first-order valence-electron chi connectivity index (χ1n) is 10.8. The summed E-state index contributed by atoms with van der Waals surface area (Å²) < 4.78 is 10.3. The minimum atomic E-state index is -0.549. The van der Waals surface area contributed by atoms with Gasteiger partial charge in [0, 0.05) is 37.4 Å². The number of methoxy groups -OCH3 is 2. The monoisotopic (exact) mass is 479 g/mol. The van der Waals surface area contributed by atoms with Gasteiger partial charge in [0.25, 0.3) is 5.91 Å². The molecule has 35 heavy (non-hydrogen) atoms. The fourth-order valence-corrected chi connectivity index (χ4v) is 3.76. The zero-order valence-corrected chi connectivity index (χ0v) is 19.3. The summed E-state index contributed by atoms with van der Waals surface area (Å²) in [4.78, 5) is 36.0. The maximum Gasteiger partial charge on any atom is 0.355 e. The number of ether oxygens (including phenoxy) is 2. The molecule has 0 atom stereocenters. The summed E-state index contributed by atoms with van der Waals surface area (Å²) in [5.74, 6) is 1.01. The Kier molecular flexibility index (Phi) is 7.10. The maximum atomic E-state index is 12.4. The van der Waals surface area contributed by atoms with Crippen molar-refractivity contribution in [1.82, 2.24) is 15.4 Å². The number of amides is 1. The molecule has 0 aliphatic carbocycles. The number of hydrazine groups is 1. The van der Waals surface area contributed by atoms with Crippen LogP contribution in [0.4, 0.5) is 23.0 Å². The number of rotatable bonds is 8. The van der Waals surface area contributed by atoms with Crippen LogP contribution in [0.3, 0.4) is 0 Å². The molecule has 0 unspecified atom stereocenters. The summed E-state index contributed by atoms with van der Waals surface area (Å²) in [6.07, 6.45) is 1.24. The molecule has 0 radical (unpaired) electrons. The summed E-state index contributed by atoms with van der Waals surface area (Å²) in [6, 6.07) is 14.2. The van der Waals surface area contributed by atoms with Gasteiger partial charge in [-0.15, -0.1) is 0 Å². The van der Waals surface area contributed by atoms with Gasteiger partial charge in [-0.1, -0.05) is 0 Å². The SMILES string of the molecule is COc1ccc(C(=O)NNc2ncnc(N3CCN(c4ccc(OC)cc4)CC3)c2[N+](=O)[O-])cc1. The molecule has 12 nitrogen and oxygen atoms in total. The zero-order valence-electron chi connectivity index (χ0n) is 19.3. The van der Waals surface area contributed by atoms with Gasteiger partial charge in [-0.2, -0.15) is 0 Å². The van der Waals surface area contributed by atoms with Crippen LogP contribution in [0.15, 0.2) is 54.9 Å². The first-order valence-corrected chi connectivity index (χ1v) is 10.8. The van der Waals surface area contributed by atoms with Crippen LogP contribution in [0.5, 0.6) is 11.5 Å². The van der Waals surface area contributed by atoms with E-state index < -0.39 is 10.8 Å². The number of carbonyl (C=O) groups is 1. The highest BCUT2D eigenvalue weighted by Crippen LogP contribution is 2.32. The summed E-state index contributed by atoms with van der Waals surface area (Å²) in [5.41, 5.74) is 6.12. The van der Waals surface area contributed by atoms with Gasteiger partial charge in [0.15, 0.2) is 0 Å². The van der Waals surface area contributed by atoms with Crippen LogP contribution in [0, 0.1) is 10.1 Å². The van der Waals surface area contributed by atoms with Crippen molar-refractivity contribution in [2.45, 2.75) is 0 Å². The van der Waals surface area contributed by atoms with E-state index in [0.29, 0.717) is 37.5 Å². The number of benzene rings is 2. The summed E-state index contributed by atoms with van der Waals surface area (Å²) in [5, 5.41) is 11.9. The molecular weight excluding hydrogens is 454 g/mol. The van der Waals surface area contributed by atoms with Crippen molar-refractivity contribution >= 4 is 28.9 Å². The first kappa shape index (κ1) is 23.5. The normalized spacial score (nSPS) is 13.2. The second kappa shape index (κ2) is 10.5. The summed E-state index contributed by atoms with van der Waals surface area (Å²) in [6.45, 7) is 2.37. The highest BCUT2D eigenvalue weighted by atomic mass is 16.6. The van der Waals surface area contributed by atoms with E-state index in [4.69, 9.17) is 9.47 Å². The fourth-order valence-electron chi connectivity index (χ4n) is 3.76. The Bertz CT molecular complexity index is 1180.